The maximum Gasteiger partial charge on any atom is 0.209 e. The van der Waals surface area contributed by atoms with Gasteiger partial charge in [0, 0.05) is 39.9 Å². The predicted octanol–water partition coefficient (Wildman–Crippen LogP) is 4.13. The molecule has 0 fully saturated rings. The van der Waals surface area contributed by atoms with Gasteiger partial charge in [0.15, 0.2) is 5.78 Å². The monoisotopic (exact) mass is 432 g/mol. The topological polar surface area (TPSA) is 79.0 Å². The van der Waals surface area contributed by atoms with Crippen LogP contribution in [0.15, 0.2) is 65.4 Å². The molecule has 0 saturated carbocycles. The normalized spacial score (nSPS) is 24.7. The molecule has 0 aliphatic heterocycles. The average molecular weight is 433 g/mol. The SMILES string of the molecule is Cc1ccc(C(=O)C2=CC(C)(NS(C)(=O)=O)C=C(Cl)C2(C)Cc2ccc[nH]2)cc1. The number of aryl methyl sites for hydroxylation is 1. The van der Waals surface area contributed by atoms with Gasteiger partial charge in [-0.1, -0.05) is 54.4 Å². The van der Waals surface area contributed by atoms with Crippen molar-refractivity contribution in [1.29, 1.82) is 0 Å². The minimum atomic E-state index is -3.53. The molecule has 2 aromatic rings. The third-order valence-electron chi connectivity index (χ3n) is 5.16. The Morgan fingerprint density at radius 3 is 2.34 bits per heavy atom. The van der Waals surface area contributed by atoms with Crippen molar-refractivity contribution in [3.05, 3.63) is 82.2 Å². The van der Waals surface area contributed by atoms with Crippen LogP contribution in [0.4, 0.5) is 0 Å². The summed E-state index contributed by atoms with van der Waals surface area (Å²) in [5.41, 5.74) is 1.08. The Morgan fingerprint density at radius 1 is 1.14 bits per heavy atom. The van der Waals surface area contributed by atoms with E-state index in [0.717, 1.165) is 17.5 Å². The average Bonchev–Trinajstić information content (AvgIpc) is 3.09. The Morgan fingerprint density at radius 2 is 1.79 bits per heavy atom. The van der Waals surface area contributed by atoms with Gasteiger partial charge in [0.1, 0.15) is 0 Å². The molecule has 0 saturated heterocycles. The molecule has 0 bridgehead atoms. The van der Waals surface area contributed by atoms with E-state index in [-0.39, 0.29) is 5.78 Å². The molecule has 1 aromatic carbocycles. The molecular formula is C22H25ClN2O3S. The number of benzene rings is 1. The maximum absolute atomic E-state index is 13.5. The fraction of sp³-hybridized carbons (Fsp3) is 0.318. The van der Waals surface area contributed by atoms with Gasteiger partial charge in [-0.15, -0.1) is 0 Å². The first kappa shape index (κ1) is 21.6. The van der Waals surface area contributed by atoms with E-state index in [1.165, 1.54) is 0 Å². The number of allylic oxidation sites excluding steroid dienone is 2. The van der Waals surface area contributed by atoms with Gasteiger partial charge >= 0.3 is 0 Å². The van der Waals surface area contributed by atoms with E-state index in [1.54, 1.807) is 31.2 Å². The van der Waals surface area contributed by atoms with Crippen molar-refractivity contribution >= 4 is 27.4 Å². The fourth-order valence-corrected chi connectivity index (χ4v) is 5.04. The van der Waals surface area contributed by atoms with Crippen LogP contribution in [-0.2, 0) is 16.4 Å². The quantitative estimate of drug-likeness (QED) is 0.673. The fourth-order valence-electron chi connectivity index (χ4n) is 3.72. The van der Waals surface area contributed by atoms with Crippen LogP contribution in [0, 0.1) is 12.3 Å². The highest BCUT2D eigenvalue weighted by atomic mass is 35.5. The van der Waals surface area contributed by atoms with E-state index in [9.17, 15) is 13.2 Å². The molecule has 29 heavy (non-hydrogen) atoms. The Kier molecular flexibility index (Phi) is 5.64. The number of carbonyl (C=O) groups excluding carboxylic acids is 1. The Bertz CT molecular complexity index is 1090. The molecule has 2 atom stereocenters. The molecule has 0 radical (unpaired) electrons. The number of nitrogens with one attached hydrogen (secondary N) is 2. The third kappa shape index (κ3) is 4.71. The number of ketones is 1. The second-order valence-corrected chi connectivity index (χ2v) is 10.3. The molecule has 0 amide bonds. The lowest BCUT2D eigenvalue weighted by Gasteiger charge is -2.39. The molecule has 154 valence electrons. The zero-order valence-corrected chi connectivity index (χ0v) is 18.5. The summed E-state index contributed by atoms with van der Waals surface area (Å²) < 4.78 is 26.4. The van der Waals surface area contributed by atoms with Gasteiger partial charge in [-0.05, 0) is 32.1 Å². The van der Waals surface area contributed by atoms with Crippen LogP contribution in [-0.4, -0.2) is 31.0 Å². The summed E-state index contributed by atoms with van der Waals surface area (Å²) in [7, 11) is -3.53. The first-order valence-corrected chi connectivity index (χ1v) is 11.5. The molecule has 7 heteroatoms. The summed E-state index contributed by atoms with van der Waals surface area (Å²) in [6, 6.07) is 11.1. The second-order valence-electron chi connectivity index (χ2n) is 8.11. The molecule has 2 unspecified atom stereocenters. The molecule has 2 N–H and O–H groups in total. The predicted molar refractivity (Wildman–Crippen MR) is 117 cm³/mol. The van der Waals surface area contributed by atoms with Crippen molar-refractivity contribution in [3.8, 4) is 0 Å². The lowest BCUT2D eigenvalue weighted by molar-refractivity contribution is 0.101. The second kappa shape index (κ2) is 7.59. The molecule has 5 nitrogen and oxygen atoms in total. The zero-order valence-electron chi connectivity index (χ0n) is 16.9. The van der Waals surface area contributed by atoms with Gasteiger partial charge < -0.3 is 4.98 Å². The molecular weight excluding hydrogens is 408 g/mol. The number of H-pyrrole nitrogens is 1. The van der Waals surface area contributed by atoms with Crippen molar-refractivity contribution in [2.45, 2.75) is 32.7 Å². The van der Waals surface area contributed by atoms with Crippen LogP contribution >= 0.6 is 11.6 Å². The summed E-state index contributed by atoms with van der Waals surface area (Å²) in [6.07, 6.45) is 6.74. The van der Waals surface area contributed by atoms with Crippen LogP contribution in [0.25, 0.3) is 0 Å². The lowest BCUT2D eigenvalue weighted by Crippen LogP contribution is -2.47. The van der Waals surface area contributed by atoms with Gasteiger partial charge in [0.25, 0.3) is 0 Å². The number of halogens is 1. The number of aromatic amines is 1. The van der Waals surface area contributed by atoms with E-state index in [0.29, 0.717) is 22.6 Å². The number of carbonyl (C=O) groups is 1. The van der Waals surface area contributed by atoms with Gasteiger partial charge in [-0.3, -0.25) is 4.79 Å². The third-order valence-corrected chi connectivity index (χ3v) is 6.50. The van der Waals surface area contributed by atoms with E-state index in [4.69, 9.17) is 11.6 Å². The summed E-state index contributed by atoms with van der Waals surface area (Å²) in [5, 5.41) is 0.420. The summed E-state index contributed by atoms with van der Waals surface area (Å²) >= 11 is 6.72. The summed E-state index contributed by atoms with van der Waals surface area (Å²) in [5.74, 6) is -0.174. The standard InChI is InChI=1S/C22H25ClN2O3S/c1-15-7-9-16(10-8-15)20(26)18-13-21(2,25-29(4,27)28)14-19(23)22(18,3)12-17-6-5-11-24-17/h5-11,13-14,24-25H,12H2,1-4H3. The maximum atomic E-state index is 13.5. The van der Waals surface area contributed by atoms with Crippen molar-refractivity contribution < 1.29 is 13.2 Å². The van der Waals surface area contributed by atoms with Crippen LogP contribution in [0.3, 0.4) is 0 Å². The molecule has 1 heterocycles. The van der Waals surface area contributed by atoms with Crippen molar-refractivity contribution in [1.82, 2.24) is 9.71 Å². The van der Waals surface area contributed by atoms with E-state index < -0.39 is 21.0 Å². The van der Waals surface area contributed by atoms with Crippen molar-refractivity contribution in [3.63, 3.8) is 0 Å². The van der Waals surface area contributed by atoms with Crippen LogP contribution in [0.5, 0.6) is 0 Å². The largest absolute Gasteiger partial charge is 0.365 e. The van der Waals surface area contributed by atoms with E-state index in [2.05, 4.69) is 9.71 Å². The molecule has 1 aliphatic carbocycles. The molecule has 1 aliphatic rings. The highest BCUT2D eigenvalue weighted by Crippen LogP contribution is 2.47. The number of hydrogen-bond acceptors (Lipinski definition) is 3. The first-order chi connectivity index (χ1) is 13.4. The number of hydrogen-bond donors (Lipinski definition) is 2. The van der Waals surface area contributed by atoms with E-state index >= 15 is 0 Å². The summed E-state index contributed by atoms with van der Waals surface area (Å²) in [6.45, 7) is 5.55. The molecule has 3 rings (SSSR count). The number of sulfonamides is 1. The minimum absolute atomic E-state index is 0.174. The Hall–Kier alpha value is -2.15. The van der Waals surface area contributed by atoms with Crippen LogP contribution in [0.1, 0.15) is 35.5 Å². The lowest BCUT2D eigenvalue weighted by atomic mass is 9.69. The summed E-state index contributed by atoms with van der Waals surface area (Å²) in [4.78, 5) is 16.7. The van der Waals surface area contributed by atoms with Gasteiger partial charge in [0.2, 0.25) is 10.0 Å². The number of Topliss-reactive ketones (excluding diaryl/α,β-unsaturated/α-hetero) is 1. The van der Waals surface area contributed by atoms with Crippen LogP contribution in [0.2, 0.25) is 0 Å². The molecule has 0 spiro atoms. The number of aromatic nitrogens is 1. The number of rotatable bonds is 6. The van der Waals surface area contributed by atoms with Gasteiger partial charge in [-0.25, -0.2) is 13.1 Å². The zero-order chi connectivity index (χ0) is 21.4. The Labute approximate surface area is 176 Å². The van der Waals surface area contributed by atoms with Crippen molar-refractivity contribution in [2.24, 2.45) is 5.41 Å². The highest BCUT2D eigenvalue weighted by molar-refractivity contribution is 7.88. The van der Waals surface area contributed by atoms with Crippen molar-refractivity contribution in [2.75, 3.05) is 6.26 Å². The van der Waals surface area contributed by atoms with E-state index in [1.807, 2.05) is 44.3 Å². The smallest absolute Gasteiger partial charge is 0.209 e. The Balaban J connectivity index is 2.13. The van der Waals surface area contributed by atoms with Crippen LogP contribution < -0.4 is 4.72 Å². The highest BCUT2D eigenvalue weighted by Gasteiger charge is 2.43. The first-order valence-electron chi connectivity index (χ1n) is 9.27. The molecule has 1 aromatic heterocycles. The van der Waals surface area contributed by atoms with Gasteiger partial charge in [-0.2, -0.15) is 0 Å². The minimum Gasteiger partial charge on any atom is -0.365 e. The van der Waals surface area contributed by atoms with Gasteiger partial charge in [0.05, 0.1) is 11.8 Å².